The number of hydrogen-bond acceptors (Lipinski definition) is 13. The Kier molecular flexibility index (Phi) is 9.20. The van der Waals surface area contributed by atoms with Crippen molar-refractivity contribution in [1.29, 1.82) is 0 Å². The van der Waals surface area contributed by atoms with Crippen LogP contribution < -0.4 is 0 Å². The Labute approximate surface area is 262 Å². The number of esters is 6. The van der Waals surface area contributed by atoms with Crippen molar-refractivity contribution in [3.8, 4) is 0 Å². The third-order valence-electron chi connectivity index (χ3n) is 10.0. The van der Waals surface area contributed by atoms with Crippen LogP contribution in [0.2, 0.25) is 0 Å². The highest BCUT2D eigenvalue weighted by Crippen LogP contribution is 2.66. The lowest BCUT2D eigenvalue weighted by atomic mass is 9.47. The second-order valence-electron chi connectivity index (χ2n) is 13.4. The van der Waals surface area contributed by atoms with Crippen LogP contribution in [0, 0.1) is 22.7 Å². The molecule has 13 nitrogen and oxygen atoms in total. The minimum absolute atomic E-state index is 0.0360. The first-order valence-corrected chi connectivity index (χ1v) is 15.2. The third kappa shape index (κ3) is 6.07. The van der Waals surface area contributed by atoms with Crippen molar-refractivity contribution in [2.45, 2.75) is 124 Å². The highest BCUT2D eigenvalue weighted by Gasteiger charge is 2.77. The van der Waals surface area contributed by atoms with Crippen molar-refractivity contribution in [2.24, 2.45) is 22.7 Å². The van der Waals surface area contributed by atoms with Crippen molar-refractivity contribution in [3.63, 3.8) is 0 Å². The molecule has 0 amide bonds. The van der Waals surface area contributed by atoms with Crippen molar-refractivity contribution in [2.75, 3.05) is 6.61 Å². The average molecular weight is 637 g/mol. The first-order chi connectivity index (χ1) is 20.8. The van der Waals surface area contributed by atoms with Crippen LogP contribution in [-0.2, 0) is 61.9 Å². The van der Waals surface area contributed by atoms with E-state index in [4.69, 9.17) is 33.2 Å². The Morgan fingerprint density at radius 1 is 0.667 bits per heavy atom. The molecule has 250 valence electrons. The molecule has 0 N–H and O–H groups in total. The summed E-state index contributed by atoms with van der Waals surface area (Å²) in [6.45, 7) is 14.8. The van der Waals surface area contributed by atoms with Gasteiger partial charge in [-0.1, -0.05) is 20.8 Å². The zero-order valence-corrected chi connectivity index (χ0v) is 27.5. The fourth-order valence-electron chi connectivity index (χ4n) is 8.51. The van der Waals surface area contributed by atoms with Crippen LogP contribution >= 0.6 is 0 Å². The van der Waals surface area contributed by atoms with E-state index in [1.165, 1.54) is 41.5 Å². The highest BCUT2D eigenvalue weighted by atomic mass is 16.6. The summed E-state index contributed by atoms with van der Waals surface area (Å²) in [6.07, 6.45) is -6.25. The second-order valence-corrected chi connectivity index (χ2v) is 13.4. The molecule has 10 unspecified atom stereocenters. The van der Waals surface area contributed by atoms with Gasteiger partial charge >= 0.3 is 35.8 Å². The number of carbonyl (C=O) groups is 6. The molecule has 0 aromatic rings. The third-order valence-corrected chi connectivity index (χ3v) is 10.0. The van der Waals surface area contributed by atoms with Gasteiger partial charge < -0.3 is 33.2 Å². The van der Waals surface area contributed by atoms with E-state index in [9.17, 15) is 28.8 Å². The summed E-state index contributed by atoms with van der Waals surface area (Å²) in [5.41, 5.74) is -2.50. The van der Waals surface area contributed by atoms with Gasteiger partial charge in [-0.15, -0.1) is 0 Å². The van der Waals surface area contributed by atoms with Gasteiger partial charge in [-0.25, -0.2) is 0 Å². The van der Waals surface area contributed by atoms with E-state index in [-0.39, 0.29) is 19.4 Å². The van der Waals surface area contributed by atoms with Crippen molar-refractivity contribution >= 4 is 35.8 Å². The predicted octanol–water partition coefficient (Wildman–Crippen LogP) is 2.75. The number of fused-ring (bicyclic) bond motifs is 4. The smallest absolute Gasteiger partial charge is 0.303 e. The van der Waals surface area contributed by atoms with Gasteiger partial charge in [0, 0.05) is 59.8 Å². The maximum absolute atomic E-state index is 12.9. The number of ether oxygens (including phenoxy) is 7. The van der Waals surface area contributed by atoms with E-state index in [1.807, 2.05) is 13.8 Å². The van der Waals surface area contributed by atoms with E-state index >= 15 is 0 Å². The topological polar surface area (TPSA) is 170 Å². The molecule has 2 bridgehead atoms. The van der Waals surface area contributed by atoms with E-state index in [0.29, 0.717) is 11.1 Å². The summed E-state index contributed by atoms with van der Waals surface area (Å²) in [6, 6.07) is 0. The lowest BCUT2D eigenvalue weighted by Crippen LogP contribution is -2.72. The van der Waals surface area contributed by atoms with Gasteiger partial charge in [-0.3, -0.25) is 28.8 Å². The zero-order chi connectivity index (χ0) is 33.8. The average Bonchev–Trinajstić information content (AvgIpc) is 3.65. The molecule has 4 rings (SSSR count). The van der Waals surface area contributed by atoms with Crippen molar-refractivity contribution in [3.05, 3.63) is 11.1 Å². The van der Waals surface area contributed by atoms with Gasteiger partial charge in [-0.2, -0.15) is 0 Å². The molecule has 0 aromatic heterocycles. The Bertz CT molecular complexity index is 1310. The summed E-state index contributed by atoms with van der Waals surface area (Å²) in [7, 11) is 0. The summed E-state index contributed by atoms with van der Waals surface area (Å²) in [5, 5.41) is 0. The quantitative estimate of drug-likeness (QED) is 0.181. The predicted molar refractivity (Wildman–Crippen MR) is 153 cm³/mol. The highest BCUT2D eigenvalue weighted by molar-refractivity contribution is 5.70. The molecular weight excluding hydrogens is 592 g/mol. The first kappa shape index (κ1) is 34.4. The molecular formula is C32H44O13. The van der Waals surface area contributed by atoms with Gasteiger partial charge in [0.2, 0.25) is 0 Å². The molecule has 13 heteroatoms. The van der Waals surface area contributed by atoms with Crippen LogP contribution in [0.25, 0.3) is 0 Å². The molecule has 4 aliphatic rings. The summed E-state index contributed by atoms with van der Waals surface area (Å²) >= 11 is 0. The minimum atomic E-state index is -1.45. The molecule has 0 aromatic carbocycles. The maximum atomic E-state index is 12.9. The van der Waals surface area contributed by atoms with Gasteiger partial charge in [0.1, 0.15) is 30.0 Å². The molecule has 3 fully saturated rings. The van der Waals surface area contributed by atoms with Crippen LogP contribution in [0.4, 0.5) is 0 Å². The lowest BCUT2D eigenvalue weighted by Gasteiger charge is -2.62. The number of hydrogen-bond donors (Lipinski definition) is 0. The summed E-state index contributed by atoms with van der Waals surface area (Å²) in [4.78, 5) is 76.0. The monoisotopic (exact) mass is 636 g/mol. The van der Waals surface area contributed by atoms with Crippen LogP contribution in [-0.4, -0.2) is 84.6 Å². The fraction of sp³-hybridized carbons (Fsp3) is 0.750. The van der Waals surface area contributed by atoms with Crippen LogP contribution in [0.5, 0.6) is 0 Å². The number of rotatable bonds is 6. The first-order valence-electron chi connectivity index (χ1n) is 15.2. The zero-order valence-electron chi connectivity index (χ0n) is 27.5. The standard InChI is InChI=1S/C32H44O13/c1-14-22(40-15(2)33)11-21-26(43-18(5)36)28-31(10,23(41-16(3)34)12-24(42-17(4)35)32(28)13-39-32)29(45-20(7)38)27(44-19(6)37)25(14)30(21,8)9/h21-24,26-29H,11-13H2,1-10H3. The Hall–Kier alpha value is -3.48. The summed E-state index contributed by atoms with van der Waals surface area (Å²) in [5.74, 6) is -5.35. The van der Waals surface area contributed by atoms with Gasteiger partial charge in [0.25, 0.3) is 0 Å². The van der Waals surface area contributed by atoms with E-state index < -0.39 is 101 Å². The molecule has 3 aliphatic carbocycles. The van der Waals surface area contributed by atoms with Crippen LogP contribution in [0.1, 0.15) is 82.1 Å². The SMILES string of the molecule is CC(=O)OC1CC2C(OC(C)=O)C3C4(CO4)C(OC(C)=O)CC(OC(C)=O)C3(C)C(OC(C)=O)C(OC(C)=O)C(=C1C)C2(C)C. The molecule has 1 aliphatic heterocycles. The van der Waals surface area contributed by atoms with Crippen LogP contribution in [0.15, 0.2) is 11.1 Å². The molecule has 1 heterocycles. The Morgan fingerprint density at radius 3 is 1.62 bits per heavy atom. The van der Waals surface area contributed by atoms with E-state index in [2.05, 4.69) is 0 Å². The number of carbonyl (C=O) groups excluding carboxylic acids is 6. The van der Waals surface area contributed by atoms with Gasteiger partial charge in [0.05, 0.1) is 12.0 Å². The molecule has 1 saturated heterocycles. The largest absolute Gasteiger partial charge is 0.462 e. The van der Waals surface area contributed by atoms with E-state index in [0.717, 1.165) is 0 Å². The van der Waals surface area contributed by atoms with Crippen LogP contribution in [0.3, 0.4) is 0 Å². The normalized spacial score (nSPS) is 38.0. The van der Waals surface area contributed by atoms with E-state index in [1.54, 1.807) is 13.8 Å². The van der Waals surface area contributed by atoms with Gasteiger partial charge in [0.15, 0.2) is 12.2 Å². The summed E-state index contributed by atoms with van der Waals surface area (Å²) < 4.78 is 42.1. The van der Waals surface area contributed by atoms with Crippen molar-refractivity contribution in [1.82, 2.24) is 0 Å². The Morgan fingerprint density at radius 2 is 1.16 bits per heavy atom. The Balaban J connectivity index is 2.15. The number of epoxide rings is 1. The molecule has 45 heavy (non-hydrogen) atoms. The minimum Gasteiger partial charge on any atom is -0.462 e. The molecule has 1 spiro atoms. The molecule has 0 radical (unpaired) electrons. The molecule has 2 saturated carbocycles. The molecule has 10 atom stereocenters. The maximum Gasteiger partial charge on any atom is 0.303 e. The lowest BCUT2D eigenvalue weighted by molar-refractivity contribution is -0.258. The fourth-order valence-corrected chi connectivity index (χ4v) is 8.51. The van der Waals surface area contributed by atoms with Crippen molar-refractivity contribution < 1.29 is 61.9 Å². The van der Waals surface area contributed by atoms with Gasteiger partial charge in [-0.05, 0) is 29.9 Å². The second kappa shape index (κ2) is 12.0.